The summed E-state index contributed by atoms with van der Waals surface area (Å²) in [7, 11) is 0. The van der Waals surface area contributed by atoms with Crippen LogP contribution in [0.25, 0.3) is 0 Å². The topological polar surface area (TPSA) is 153 Å². The highest BCUT2D eigenvalue weighted by atomic mass is 19.1. The quantitative estimate of drug-likeness (QED) is 0.275. The van der Waals surface area contributed by atoms with Crippen LogP contribution in [0.15, 0.2) is 47.8 Å². The Morgan fingerprint density at radius 1 is 1.19 bits per heavy atom. The first-order valence-corrected chi connectivity index (χ1v) is 13.9. The second kappa shape index (κ2) is 10.0. The molecule has 0 bridgehead atoms. The van der Waals surface area contributed by atoms with E-state index in [-0.39, 0.29) is 49.2 Å². The Labute approximate surface area is 240 Å². The van der Waals surface area contributed by atoms with E-state index in [1.807, 2.05) is 0 Å². The monoisotopic (exact) mass is 589 g/mol. The van der Waals surface area contributed by atoms with Gasteiger partial charge < -0.3 is 19.8 Å². The van der Waals surface area contributed by atoms with E-state index in [1.54, 1.807) is 13.8 Å². The number of ether oxygens (including phenoxy) is 1. The summed E-state index contributed by atoms with van der Waals surface area (Å²) in [4.78, 5) is 52.9. The van der Waals surface area contributed by atoms with E-state index in [1.165, 1.54) is 43.3 Å². The van der Waals surface area contributed by atoms with E-state index in [9.17, 15) is 34.7 Å². The van der Waals surface area contributed by atoms with Gasteiger partial charge in [-0.25, -0.2) is 13.6 Å². The molecule has 0 saturated heterocycles. The average Bonchev–Trinajstić information content (AvgIpc) is 3.14. The third-order valence-electron chi connectivity index (χ3n) is 10.5. The Bertz CT molecular complexity index is 1410. The van der Waals surface area contributed by atoms with E-state index in [4.69, 9.17) is 4.74 Å². The molecule has 226 valence electrons. The summed E-state index contributed by atoms with van der Waals surface area (Å²) in [5.74, 6) is -5.14. The number of benzene rings is 1. The maximum atomic E-state index is 17.3. The fourth-order valence-electron chi connectivity index (χ4n) is 8.30. The van der Waals surface area contributed by atoms with Gasteiger partial charge in [0.05, 0.1) is 11.7 Å². The molecule has 4 aliphatic carbocycles. The molecular formula is C30H33F2NO9. The summed E-state index contributed by atoms with van der Waals surface area (Å²) < 4.78 is 38.0. The first-order chi connectivity index (χ1) is 19.6. The van der Waals surface area contributed by atoms with Gasteiger partial charge in [0, 0.05) is 29.6 Å². The van der Waals surface area contributed by atoms with Crippen LogP contribution in [0.1, 0.15) is 62.4 Å². The zero-order valence-corrected chi connectivity index (χ0v) is 23.5. The highest BCUT2D eigenvalue weighted by Gasteiger charge is 2.76. The minimum Gasteiger partial charge on any atom is -0.454 e. The number of hydrogen-bond donors (Lipinski definition) is 2. The molecule has 2 N–H and O–H groups in total. The van der Waals surface area contributed by atoms with Gasteiger partial charge >= 0.3 is 5.97 Å². The number of nitrogens with zero attached hydrogens (tertiary/aromatic N) is 1. The number of Topliss-reactive ketones (excluding diaryl/α,β-unsaturated/α-hetero) is 1. The van der Waals surface area contributed by atoms with Gasteiger partial charge in [-0.3, -0.25) is 9.59 Å². The molecule has 2 saturated carbocycles. The fourth-order valence-corrected chi connectivity index (χ4v) is 8.30. The smallest absolute Gasteiger partial charge is 0.338 e. The highest BCUT2D eigenvalue weighted by Crippen LogP contribution is 2.71. The molecule has 1 aromatic carbocycles. The molecule has 0 spiro atoms. The van der Waals surface area contributed by atoms with Crippen molar-refractivity contribution in [2.45, 2.75) is 70.4 Å². The highest BCUT2D eigenvalue weighted by molar-refractivity contribution is 5.95. The molecule has 12 heteroatoms. The molecule has 2 fully saturated rings. The summed E-state index contributed by atoms with van der Waals surface area (Å²) in [6.45, 7) is 3.60. The molecule has 0 amide bonds. The molecule has 0 aliphatic heterocycles. The number of halogens is 2. The molecule has 0 aromatic heterocycles. The summed E-state index contributed by atoms with van der Waals surface area (Å²) >= 11 is 0. The number of esters is 1. The molecule has 42 heavy (non-hydrogen) atoms. The minimum absolute atomic E-state index is 0.0269. The Morgan fingerprint density at radius 3 is 2.50 bits per heavy atom. The number of aliphatic hydroxyl groups excluding tert-OH is 1. The van der Waals surface area contributed by atoms with Crippen molar-refractivity contribution in [3.63, 3.8) is 0 Å². The minimum atomic E-state index is -2.34. The van der Waals surface area contributed by atoms with Gasteiger partial charge in [0.25, 0.3) is 5.09 Å². The lowest BCUT2D eigenvalue weighted by atomic mass is 9.45. The number of fused-ring (bicyclic) bond motifs is 5. The van der Waals surface area contributed by atoms with Crippen molar-refractivity contribution in [3.05, 3.63) is 69.1 Å². The van der Waals surface area contributed by atoms with Crippen molar-refractivity contribution in [1.82, 2.24) is 0 Å². The predicted molar refractivity (Wildman–Crippen MR) is 141 cm³/mol. The van der Waals surface area contributed by atoms with Gasteiger partial charge in [0.2, 0.25) is 5.78 Å². The van der Waals surface area contributed by atoms with E-state index >= 15 is 8.78 Å². The van der Waals surface area contributed by atoms with E-state index in [0.717, 1.165) is 0 Å². The van der Waals surface area contributed by atoms with E-state index in [0.29, 0.717) is 5.56 Å². The standard InChI is InChI=1S/C30H33F2NO9/c1-16-10-20-21-12-23(31)22-11-19(34)8-9-27(22,2)29(21,32)24(35)13-28(20,3)30(16,38)25(36)15-41-26(37)18-6-4-17(5-7-18)14-42-33(39)40/h4-9,16,20-21,24,35,38H,10-15H2,1-3H3/t16-,20?,21?,24+,27+,28+,29+,30+/m1/s1. The van der Waals surface area contributed by atoms with Crippen LogP contribution in [-0.4, -0.2) is 56.8 Å². The third-order valence-corrected chi connectivity index (χ3v) is 10.5. The maximum absolute atomic E-state index is 17.3. The predicted octanol–water partition coefficient (Wildman–Crippen LogP) is 3.77. The largest absolute Gasteiger partial charge is 0.454 e. The molecule has 2 unspecified atom stereocenters. The molecule has 1 aromatic rings. The van der Waals surface area contributed by atoms with Crippen molar-refractivity contribution in [2.75, 3.05) is 6.61 Å². The van der Waals surface area contributed by atoms with Crippen molar-refractivity contribution in [2.24, 2.45) is 28.6 Å². The Hall–Kier alpha value is -3.51. The number of rotatable bonds is 7. The molecule has 0 heterocycles. The number of alkyl halides is 1. The second-order valence-corrected chi connectivity index (χ2v) is 12.5. The van der Waals surface area contributed by atoms with E-state index in [2.05, 4.69) is 4.84 Å². The molecule has 10 nitrogen and oxygen atoms in total. The van der Waals surface area contributed by atoms with Crippen LogP contribution in [0.5, 0.6) is 0 Å². The molecule has 8 atom stereocenters. The Morgan fingerprint density at radius 2 is 1.86 bits per heavy atom. The van der Waals surface area contributed by atoms with Crippen LogP contribution in [0, 0.1) is 38.7 Å². The van der Waals surface area contributed by atoms with Crippen molar-refractivity contribution in [1.29, 1.82) is 0 Å². The maximum Gasteiger partial charge on any atom is 0.338 e. The van der Waals surface area contributed by atoms with Crippen molar-refractivity contribution < 1.29 is 48.0 Å². The summed E-state index contributed by atoms with van der Waals surface area (Å²) in [6.07, 6.45) is 0.110. The van der Waals surface area contributed by atoms with Crippen LogP contribution < -0.4 is 0 Å². The lowest BCUT2D eigenvalue weighted by Crippen LogP contribution is -2.69. The van der Waals surface area contributed by atoms with Gasteiger partial charge in [0.15, 0.2) is 18.1 Å². The lowest BCUT2D eigenvalue weighted by Gasteiger charge is -2.62. The number of carbonyl (C=O) groups is 3. The zero-order chi connectivity index (χ0) is 30.8. The first-order valence-electron chi connectivity index (χ1n) is 13.9. The Kier molecular flexibility index (Phi) is 7.17. The Balaban J connectivity index is 1.37. The van der Waals surface area contributed by atoms with Gasteiger partial charge in [-0.1, -0.05) is 32.1 Å². The molecule has 5 rings (SSSR count). The van der Waals surface area contributed by atoms with Crippen molar-refractivity contribution in [3.8, 4) is 0 Å². The number of carbonyl (C=O) groups excluding carboxylic acids is 3. The van der Waals surface area contributed by atoms with Gasteiger partial charge in [-0.05, 0) is 60.9 Å². The van der Waals surface area contributed by atoms with Crippen LogP contribution in [0.4, 0.5) is 8.78 Å². The number of allylic oxidation sites excluding steroid dienone is 4. The average molecular weight is 590 g/mol. The SMILES string of the molecule is C[C@@H]1CC2C3CC(F)=C4CC(=O)C=C[C@]4(C)[C@@]3(F)[C@@H](O)C[C@]2(C)[C@@]1(O)C(=O)COC(=O)c1ccc(CO[N+](=O)[O-])cc1. The summed E-state index contributed by atoms with van der Waals surface area (Å²) in [6, 6.07) is 5.55. The molecule has 4 aliphatic rings. The first kappa shape index (κ1) is 30.0. The van der Waals surface area contributed by atoms with Crippen molar-refractivity contribution >= 4 is 17.5 Å². The van der Waals surface area contributed by atoms with Gasteiger partial charge in [0.1, 0.15) is 18.0 Å². The summed E-state index contributed by atoms with van der Waals surface area (Å²) in [5.41, 5.74) is -6.86. The summed E-state index contributed by atoms with van der Waals surface area (Å²) in [5, 5.41) is 32.8. The fraction of sp³-hybridized carbons (Fsp3) is 0.567. The van der Waals surface area contributed by atoms with Crippen LogP contribution in [0.2, 0.25) is 0 Å². The third kappa shape index (κ3) is 4.13. The lowest BCUT2D eigenvalue weighted by molar-refractivity contribution is -0.763. The van der Waals surface area contributed by atoms with Crippen LogP contribution in [0.3, 0.4) is 0 Å². The second-order valence-electron chi connectivity index (χ2n) is 12.5. The van der Waals surface area contributed by atoms with E-state index < -0.39 is 75.2 Å². The normalized spacial score (nSPS) is 38.8. The zero-order valence-electron chi connectivity index (χ0n) is 23.5. The van der Waals surface area contributed by atoms with Crippen LogP contribution >= 0.6 is 0 Å². The molecular weight excluding hydrogens is 556 g/mol. The molecule has 0 radical (unpaired) electrons. The van der Waals surface area contributed by atoms with Gasteiger partial charge in [-0.15, -0.1) is 10.1 Å². The van der Waals surface area contributed by atoms with Gasteiger partial charge in [-0.2, -0.15) is 0 Å². The van der Waals surface area contributed by atoms with Crippen LogP contribution in [-0.2, 0) is 25.8 Å². The number of aliphatic hydroxyl groups is 2. The number of ketones is 2. The number of hydrogen-bond acceptors (Lipinski definition) is 9.